The fourth-order valence-corrected chi connectivity index (χ4v) is 3.47. The van der Waals surface area contributed by atoms with E-state index in [2.05, 4.69) is 11.6 Å². The molecule has 3 aromatic rings. The second-order valence-electron chi connectivity index (χ2n) is 5.65. The third kappa shape index (κ3) is 4.01. The van der Waals surface area contributed by atoms with E-state index in [0.29, 0.717) is 28.7 Å². The van der Waals surface area contributed by atoms with E-state index in [-0.39, 0.29) is 5.91 Å². The van der Waals surface area contributed by atoms with Gasteiger partial charge in [-0.05, 0) is 18.2 Å². The molecule has 1 aromatic heterocycles. The number of methoxy groups -OCH3 is 2. The van der Waals surface area contributed by atoms with Crippen LogP contribution in [0.15, 0.2) is 66.6 Å². The van der Waals surface area contributed by atoms with Crippen LogP contribution in [-0.4, -0.2) is 31.7 Å². The van der Waals surface area contributed by atoms with Gasteiger partial charge >= 0.3 is 0 Å². The molecule has 0 saturated heterocycles. The van der Waals surface area contributed by atoms with Crippen LogP contribution in [0.4, 0.5) is 5.13 Å². The van der Waals surface area contributed by atoms with Gasteiger partial charge in [0.15, 0.2) is 5.13 Å². The Balaban J connectivity index is 1.98. The first-order valence-electron chi connectivity index (χ1n) is 8.33. The smallest absolute Gasteiger partial charge is 0.264 e. The van der Waals surface area contributed by atoms with Crippen molar-refractivity contribution in [1.82, 2.24) is 4.98 Å². The van der Waals surface area contributed by atoms with Gasteiger partial charge in [0.2, 0.25) is 0 Å². The van der Waals surface area contributed by atoms with E-state index < -0.39 is 0 Å². The SMILES string of the molecule is C=CCN(C(=O)c1cc(OC)ccc1OC)c1nc(-c2ccccc2)cs1. The summed E-state index contributed by atoms with van der Waals surface area (Å²) >= 11 is 1.41. The second kappa shape index (κ2) is 8.51. The zero-order chi connectivity index (χ0) is 19.2. The lowest BCUT2D eigenvalue weighted by atomic mass is 10.1. The lowest BCUT2D eigenvalue weighted by Gasteiger charge is -2.20. The Labute approximate surface area is 162 Å². The molecular weight excluding hydrogens is 360 g/mol. The van der Waals surface area contributed by atoms with E-state index >= 15 is 0 Å². The maximum atomic E-state index is 13.2. The number of carbonyl (C=O) groups excluding carboxylic acids is 1. The Hall–Kier alpha value is -3.12. The Morgan fingerprint density at radius 1 is 1.19 bits per heavy atom. The molecule has 0 bridgehead atoms. The van der Waals surface area contributed by atoms with Crippen LogP contribution < -0.4 is 14.4 Å². The third-order valence-corrected chi connectivity index (χ3v) is 4.85. The number of ether oxygens (including phenoxy) is 2. The number of benzene rings is 2. The van der Waals surface area contributed by atoms with Crippen LogP contribution >= 0.6 is 11.3 Å². The van der Waals surface area contributed by atoms with Crippen molar-refractivity contribution in [3.63, 3.8) is 0 Å². The van der Waals surface area contributed by atoms with E-state index in [0.717, 1.165) is 11.3 Å². The average molecular weight is 380 g/mol. The molecular formula is C21H20N2O3S. The lowest BCUT2D eigenvalue weighted by Crippen LogP contribution is -2.31. The third-order valence-electron chi connectivity index (χ3n) is 3.99. The number of amides is 1. The Morgan fingerprint density at radius 3 is 2.63 bits per heavy atom. The molecule has 0 aliphatic heterocycles. The van der Waals surface area contributed by atoms with Crippen molar-refractivity contribution in [2.24, 2.45) is 0 Å². The van der Waals surface area contributed by atoms with Gasteiger partial charge in [0.1, 0.15) is 11.5 Å². The first-order chi connectivity index (χ1) is 13.2. The maximum Gasteiger partial charge on any atom is 0.264 e. The molecule has 2 aromatic carbocycles. The van der Waals surface area contributed by atoms with Gasteiger partial charge in [0.05, 0.1) is 25.5 Å². The molecule has 0 fully saturated rings. The number of hydrogen-bond donors (Lipinski definition) is 0. The predicted molar refractivity (Wildman–Crippen MR) is 109 cm³/mol. The first kappa shape index (κ1) is 18.7. The molecule has 27 heavy (non-hydrogen) atoms. The topological polar surface area (TPSA) is 51.7 Å². The molecule has 138 valence electrons. The molecule has 5 nitrogen and oxygen atoms in total. The van der Waals surface area contributed by atoms with Crippen molar-refractivity contribution in [3.8, 4) is 22.8 Å². The Bertz CT molecular complexity index is 938. The molecule has 0 radical (unpaired) electrons. The lowest BCUT2D eigenvalue weighted by molar-refractivity contribution is 0.0986. The molecule has 1 heterocycles. The highest BCUT2D eigenvalue weighted by Crippen LogP contribution is 2.31. The van der Waals surface area contributed by atoms with E-state index in [1.807, 2.05) is 35.7 Å². The summed E-state index contributed by atoms with van der Waals surface area (Å²) in [5.41, 5.74) is 2.25. The van der Waals surface area contributed by atoms with Gasteiger partial charge in [-0.1, -0.05) is 36.4 Å². The number of rotatable bonds is 7. The second-order valence-corrected chi connectivity index (χ2v) is 6.49. The zero-order valence-electron chi connectivity index (χ0n) is 15.2. The normalized spacial score (nSPS) is 10.3. The number of thiazole rings is 1. The van der Waals surface area contributed by atoms with Crippen LogP contribution in [0.5, 0.6) is 11.5 Å². The van der Waals surface area contributed by atoms with Crippen molar-refractivity contribution in [2.45, 2.75) is 0 Å². The molecule has 0 aliphatic rings. The predicted octanol–water partition coefficient (Wildman–Crippen LogP) is 4.66. The van der Waals surface area contributed by atoms with E-state index in [1.165, 1.54) is 18.4 Å². The summed E-state index contributed by atoms with van der Waals surface area (Å²) < 4.78 is 10.6. The molecule has 0 saturated carbocycles. The van der Waals surface area contributed by atoms with Crippen LogP contribution in [0.25, 0.3) is 11.3 Å². The molecule has 0 aliphatic carbocycles. The quantitative estimate of drug-likeness (QED) is 0.560. The molecule has 1 amide bonds. The van der Waals surface area contributed by atoms with Gasteiger partial charge in [-0.15, -0.1) is 17.9 Å². The van der Waals surface area contributed by atoms with Gasteiger partial charge in [0.25, 0.3) is 5.91 Å². The highest BCUT2D eigenvalue weighted by atomic mass is 32.1. The van der Waals surface area contributed by atoms with E-state index in [1.54, 1.807) is 36.3 Å². The minimum atomic E-state index is -0.223. The maximum absolute atomic E-state index is 13.2. The largest absolute Gasteiger partial charge is 0.497 e. The van der Waals surface area contributed by atoms with Gasteiger partial charge in [0, 0.05) is 17.5 Å². The summed E-state index contributed by atoms with van der Waals surface area (Å²) in [5.74, 6) is 0.844. The summed E-state index contributed by atoms with van der Waals surface area (Å²) in [6.07, 6.45) is 1.67. The van der Waals surface area contributed by atoms with Crippen molar-refractivity contribution < 1.29 is 14.3 Å². The monoisotopic (exact) mass is 380 g/mol. The minimum Gasteiger partial charge on any atom is -0.497 e. The molecule has 3 rings (SSSR count). The van der Waals surface area contributed by atoms with Crippen molar-refractivity contribution in [1.29, 1.82) is 0 Å². The molecule has 6 heteroatoms. The number of anilines is 1. The molecule has 0 atom stereocenters. The summed E-state index contributed by atoms with van der Waals surface area (Å²) in [6.45, 7) is 4.10. The number of nitrogens with zero attached hydrogens (tertiary/aromatic N) is 2. The molecule has 0 spiro atoms. The highest BCUT2D eigenvalue weighted by Gasteiger charge is 2.23. The van der Waals surface area contributed by atoms with Crippen molar-refractivity contribution >= 4 is 22.4 Å². The summed E-state index contributed by atoms with van der Waals surface area (Å²) in [6, 6.07) is 15.0. The van der Waals surface area contributed by atoms with Crippen LogP contribution in [0.2, 0.25) is 0 Å². The van der Waals surface area contributed by atoms with Gasteiger partial charge in [-0.25, -0.2) is 4.98 Å². The van der Waals surface area contributed by atoms with Crippen molar-refractivity contribution in [2.75, 3.05) is 25.7 Å². The van der Waals surface area contributed by atoms with Crippen LogP contribution in [-0.2, 0) is 0 Å². The molecule has 0 unspecified atom stereocenters. The minimum absolute atomic E-state index is 0.223. The number of carbonyl (C=O) groups is 1. The van der Waals surface area contributed by atoms with Gasteiger partial charge in [-0.3, -0.25) is 9.69 Å². The number of aromatic nitrogens is 1. The first-order valence-corrected chi connectivity index (χ1v) is 9.21. The van der Waals surface area contributed by atoms with Crippen LogP contribution in [0.3, 0.4) is 0 Å². The fourth-order valence-electron chi connectivity index (χ4n) is 2.63. The zero-order valence-corrected chi connectivity index (χ0v) is 16.0. The highest BCUT2D eigenvalue weighted by molar-refractivity contribution is 7.14. The standard InChI is InChI=1S/C21H20N2O3S/c1-4-12-23(20(24)17-13-16(25-2)10-11-19(17)26-3)21-22-18(14-27-21)15-8-6-5-7-9-15/h4-11,13-14H,1,12H2,2-3H3. The Morgan fingerprint density at radius 2 is 1.96 bits per heavy atom. The summed E-state index contributed by atoms with van der Waals surface area (Å²) in [4.78, 5) is 19.5. The van der Waals surface area contributed by atoms with E-state index in [9.17, 15) is 4.79 Å². The van der Waals surface area contributed by atoms with Crippen LogP contribution in [0, 0.1) is 0 Å². The van der Waals surface area contributed by atoms with Gasteiger partial charge in [-0.2, -0.15) is 0 Å². The summed E-state index contributed by atoms with van der Waals surface area (Å²) in [5, 5.41) is 2.54. The Kier molecular flexibility index (Phi) is 5.88. The summed E-state index contributed by atoms with van der Waals surface area (Å²) in [7, 11) is 3.10. The molecule has 0 N–H and O–H groups in total. The van der Waals surface area contributed by atoms with Gasteiger partial charge < -0.3 is 9.47 Å². The number of hydrogen-bond acceptors (Lipinski definition) is 5. The average Bonchev–Trinajstić information content (AvgIpc) is 3.21. The fraction of sp³-hybridized carbons (Fsp3) is 0.143. The van der Waals surface area contributed by atoms with Crippen LogP contribution in [0.1, 0.15) is 10.4 Å². The van der Waals surface area contributed by atoms with E-state index in [4.69, 9.17) is 9.47 Å². The van der Waals surface area contributed by atoms with Crippen molar-refractivity contribution in [3.05, 3.63) is 72.1 Å².